The maximum atomic E-state index is 13.9. The van der Waals surface area contributed by atoms with E-state index in [-0.39, 0.29) is 17.3 Å². The van der Waals surface area contributed by atoms with E-state index in [0.717, 1.165) is 12.1 Å². The van der Waals surface area contributed by atoms with Gasteiger partial charge in [0, 0.05) is 0 Å². The van der Waals surface area contributed by atoms with Crippen molar-refractivity contribution in [1.29, 1.82) is 10.8 Å². The summed E-state index contributed by atoms with van der Waals surface area (Å²) in [6, 6.07) is 3.36. The summed E-state index contributed by atoms with van der Waals surface area (Å²) in [6.45, 7) is 3.61. The number of carbonyl (C=O) groups is 1. The number of allylic oxidation sites excluding steroid dienone is 2. The maximum absolute atomic E-state index is 13.9. The van der Waals surface area contributed by atoms with Crippen LogP contribution in [0, 0.1) is 39.2 Å². The van der Waals surface area contributed by atoms with E-state index in [9.17, 15) is 18.7 Å². The zero-order valence-corrected chi connectivity index (χ0v) is 13.4. The lowest BCUT2D eigenvalue weighted by molar-refractivity contribution is -0.148. The van der Waals surface area contributed by atoms with Gasteiger partial charge in [0.05, 0.1) is 17.0 Å². The van der Waals surface area contributed by atoms with E-state index in [1.54, 1.807) is 0 Å². The van der Waals surface area contributed by atoms with Crippen molar-refractivity contribution in [3.8, 4) is 0 Å². The van der Waals surface area contributed by atoms with Gasteiger partial charge in [-0.25, -0.2) is 8.78 Å². The molecule has 3 N–H and O–H groups in total. The van der Waals surface area contributed by atoms with Crippen LogP contribution in [0.2, 0.25) is 0 Å². The van der Waals surface area contributed by atoms with Crippen LogP contribution in [0.25, 0.3) is 0 Å². The molecule has 126 valence electrons. The summed E-state index contributed by atoms with van der Waals surface area (Å²) >= 11 is 0. The molecule has 1 aromatic rings. The van der Waals surface area contributed by atoms with Crippen LogP contribution in [0.4, 0.5) is 8.78 Å². The van der Waals surface area contributed by atoms with E-state index in [1.807, 2.05) is 13.8 Å². The van der Waals surface area contributed by atoms with Crippen LogP contribution in [-0.2, 0) is 4.79 Å². The predicted molar refractivity (Wildman–Crippen MR) is 85.6 cm³/mol. The zero-order chi connectivity index (χ0) is 17.9. The number of rotatable bonds is 3. The lowest BCUT2D eigenvalue weighted by Gasteiger charge is -2.32. The van der Waals surface area contributed by atoms with Crippen LogP contribution in [0.1, 0.15) is 32.3 Å². The topological polar surface area (TPSA) is 85.0 Å². The van der Waals surface area contributed by atoms with Crippen LogP contribution < -0.4 is 0 Å². The average Bonchev–Trinajstić information content (AvgIpc) is 2.83. The number of carboxylic acid groups (broad SMARTS) is 1. The summed E-state index contributed by atoms with van der Waals surface area (Å²) in [6.07, 6.45) is 2.22. The molecule has 2 bridgehead atoms. The second-order valence-electron chi connectivity index (χ2n) is 7.01. The largest absolute Gasteiger partial charge is 0.481 e. The molecular weight excluding hydrogens is 314 g/mol. The van der Waals surface area contributed by atoms with Gasteiger partial charge in [0.15, 0.2) is 0 Å². The van der Waals surface area contributed by atoms with Gasteiger partial charge in [0.1, 0.15) is 17.0 Å². The van der Waals surface area contributed by atoms with Gasteiger partial charge in [0.2, 0.25) is 0 Å². The van der Waals surface area contributed by atoms with Crippen molar-refractivity contribution in [2.24, 2.45) is 16.7 Å². The Morgan fingerprint density at radius 3 is 2.42 bits per heavy atom. The van der Waals surface area contributed by atoms with Gasteiger partial charge in [-0.2, -0.15) is 0 Å². The van der Waals surface area contributed by atoms with E-state index in [0.29, 0.717) is 18.4 Å². The molecule has 6 heteroatoms. The standard InChI is InChI=1S/C18H18F2N2O2/c1-17(2)10-6-7-18(17,16(23)24)15(22)9(10)8-13(21)14-11(19)4-3-5-12(14)20/h3-5,8,10,21-22H,6-7H2,1-2H3,(H,23,24)/b9-8-,21-13?,22-15?/t10-,18+/m0/s1. The van der Waals surface area contributed by atoms with Crippen molar-refractivity contribution in [1.82, 2.24) is 0 Å². The molecule has 2 atom stereocenters. The Morgan fingerprint density at radius 1 is 1.33 bits per heavy atom. The molecule has 0 aromatic heterocycles. The zero-order valence-electron chi connectivity index (χ0n) is 13.4. The van der Waals surface area contributed by atoms with Crippen molar-refractivity contribution in [2.45, 2.75) is 26.7 Å². The molecule has 1 aromatic carbocycles. The first-order valence-corrected chi connectivity index (χ1v) is 7.72. The van der Waals surface area contributed by atoms with E-state index in [1.165, 1.54) is 12.1 Å². The van der Waals surface area contributed by atoms with Crippen LogP contribution in [0.5, 0.6) is 0 Å². The molecule has 0 heterocycles. The van der Waals surface area contributed by atoms with E-state index in [4.69, 9.17) is 10.8 Å². The monoisotopic (exact) mass is 332 g/mol. The molecule has 0 amide bonds. The summed E-state index contributed by atoms with van der Waals surface area (Å²) in [7, 11) is 0. The molecule has 0 saturated heterocycles. The smallest absolute Gasteiger partial charge is 0.316 e. The second kappa shape index (κ2) is 5.06. The Balaban J connectivity index is 2.09. The van der Waals surface area contributed by atoms with Crippen molar-refractivity contribution >= 4 is 17.4 Å². The predicted octanol–water partition coefficient (Wildman–Crippen LogP) is 3.80. The molecule has 0 unspecified atom stereocenters. The Morgan fingerprint density at radius 2 is 1.92 bits per heavy atom. The Labute approximate surface area is 138 Å². The minimum absolute atomic E-state index is 0.0438. The average molecular weight is 332 g/mol. The van der Waals surface area contributed by atoms with Crippen molar-refractivity contribution < 1.29 is 18.7 Å². The van der Waals surface area contributed by atoms with E-state index >= 15 is 0 Å². The number of fused-ring (bicyclic) bond motifs is 2. The highest BCUT2D eigenvalue weighted by atomic mass is 19.1. The van der Waals surface area contributed by atoms with Gasteiger partial charge >= 0.3 is 5.97 Å². The lowest BCUT2D eigenvalue weighted by Crippen LogP contribution is -2.43. The van der Waals surface area contributed by atoms with Crippen molar-refractivity contribution in [3.63, 3.8) is 0 Å². The van der Waals surface area contributed by atoms with Crippen LogP contribution in [0.3, 0.4) is 0 Å². The molecular formula is C18H18F2N2O2. The Kier molecular flexibility index (Phi) is 3.48. The normalized spacial score (nSPS) is 29.2. The molecule has 24 heavy (non-hydrogen) atoms. The number of benzene rings is 1. The first-order valence-electron chi connectivity index (χ1n) is 7.72. The maximum Gasteiger partial charge on any atom is 0.316 e. The third-order valence-electron chi connectivity index (χ3n) is 5.77. The second-order valence-corrected chi connectivity index (χ2v) is 7.01. The number of aliphatic carboxylic acids is 1. The fourth-order valence-corrected chi connectivity index (χ4v) is 4.40. The van der Waals surface area contributed by atoms with Crippen LogP contribution in [0.15, 0.2) is 29.8 Å². The summed E-state index contributed by atoms with van der Waals surface area (Å²) in [5, 5.41) is 26.1. The summed E-state index contributed by atoms with van der Waals surface area (Å²) in [4.78, 5) is 11.9. The first-order chi connectivity index (χ1) is 11.1. The van der Waals surface area contributed by atoms with E-state index in [2.05, 4.69) is 0 Å². The summed E-state index contributed by atoms with van der Waals surface area (Å²) < 4.78 is 27.7. The van der Waals surface area contributed by atoms with Crippen LogP contribution in [-0.4, -0.2) is 22.5 Å². The number of hydrogen-bond acceptors (Lipinski definition) is 3. The van der Waals surface area contributed by atoms with Crippen molar-refractivity contribution in [2.75, 3.05) is 0 Å². The van der Waals surface area contributed by atoms with Gasteiger partial charge in [0.25, 0.3) is 0 Å². The minimum atomic E-state index is -1.29. The highest BCUT2D eigenvalue weighted by Gasteiger charge is 2.68. The minimum Gasteiger partial charge on any atom is -0.481 e. The number of halogens is 2. The highest BCUT2D eigenvalue weighted by Crippen LogP contribution is 2.66. The van der Waals surface area contributed by atoms with Gasteiger partial charge in [-0.05, 0) is 48.0 Å². The molecule has 0 aliphatic heterocycles. The molecule has 2 saturated carbocycles. The number of nitrogens with one attached hydrogen (secondary N) is 2. The first kappa shape index (κ1) is 16.5. The summed E-state index contributed by atoms with van der Waals surface area (Å²) in [5.41, 5.74) is -2.44. The third-order valence-corrected chi connectivity index (χ3v) is 5.77. The molecule has 0 radical (unpaired) electrons. The molecule has 2 aliphatic rings. The van der Waals surface area contributed by atoms with Gasteiger partial charge in [-0.3, -0.25) is 4.79 Å². The Hall–Kier alpha value is -2.37. The molecule has 0 spiro atoms. The SMILES string of the molecule is CC1(C)[C@H]2CC[C@]1(C(=O)O)C(=N)/C2=C\C(=N)c1c(F)cccc1F. The fraction of sp³-hybridized carbons (Fsp3) is 0.389. The van der Waals surface area contributed by atoms with Crippen LogP contribution >= 0.6 is 0 Å². The molecule has 4 nitrogen and oxygen atoms in total. The molecule has 2 fully saturated rings. The highest BCUT2D eigenvalue weighted by molar-refractivity contribution is 6.21. The molecule has 2 aliphatic carbocycles. The lowest BCUT2D eigenvalue weighted by atomic mass is 9.69. The fourth-order valence-electron chi connectivity index (χ4n) is 4.40. The van der Waals surface area contributed by atoms with Gasteiger partial charge in [-0.1, -0.05) is 19.9 Å². The number of carboxylic acids is 1. The summed E-state index contributed by atoms with van der Waals surface area (Å²) in [5.74, 6) is -2.96. The van der Waals surface area contributed by atoms with Crippen molar-refractivity contribution in [3.05, 3.63) is 47.0 Å². The van der Waals surface area contributed by atoms with Gasteiger partial charge < -0.3 is 15.9 Å². The number of hydrogen-bond donors (Lipinski definition) is 3. The quantitative estimate of drug-likeness (QED) is 0.736. The molecule has 3 rings (SSSR count). The third kappa shape index (κ3) is 1.85. The Bertz CT molecular complexity index is 793. The van der Waals surface area contributed by atoms with E-state index < -0.39 is 34.0 Å². The van der Waals surface area contributed by atoms with Gasteiger partial charge in [-0.15, -0.1) is 0 Å².